The monoisotopic (exact) mass is 608 g/mol. The molecular weight excluding hydrogens is 567 g/mol. The molecule has 45 heavy (non-hydrogen) atoms. The van der Waals surface area contributed by atoms with Crippen molar-refractivity contribution in [3.05, 3.63) is 71.6 Å². The molecule has 7 rings (SSSR count). The SMILES string of the molecule is CC(=O)N[C@H]1CC[C@@H](CN2CCC3(CCC(c4ncncc4Oc4ccc(F)cc4-c4ccc(C#N)cc4C4CC4)C3)N2)CC1. The van der Waals surface area contributed by atoms with Gasteiger partial charge in [-0.3, -0.25) is 4.79 Å². The van der Waals surface area contributed by atoms with Gasteiger partial charge in [-0.15, -0.1) is 0 Å². The third kappa shape index (κ3) is 6.58. The molecule has 2 atom stereocenters. The molecule has 2 N–H and O–H groups in total. The number of benzene rings is 2. The van der Waals surface area contributed by atoms with Crippen molar-refractivity contribution in [1.82, 2.24) is 25.7 Å². The molecule has 2 heterocycles. The summed E-state index contributed by atoms with van der Waals surface area (Å²) in [4.78, 5) is 20.5. The Bertz CT molecular complexity index is 1610. The first-order valence-electron chi connectivity index (χ1n) is 16.5. The fourth-order valence-electron chi connectivity index (χ4n) is 7.95. The number of nitrogens with one attached hydrogen (secondary N) is 2. The Morgan fingerprint density at radius 2 is 1.91 bits per heavy atom. The summed E-state index contributed by atoms with van der Waals surface area (Å²) < 4.78 is 21.2. The number of hydrogen-bond donors (Lipinski definition) is 2. The average Bonchev–Trinajstić information content (AvgIpc) is 3.71. The Labute approximate surface area is 264 Å². The summed E-state index contributed by atoms with van der Waals surface area (Å²) in [6.45, 7) is 3.69. The maximum Gasteiger partial charge on any atom is 0.217 e. The van der Waals surface area contributed by atoms with E-state index < -0.39 is 0 Å². The summed E-state index contributed by atoms with van der Waals surface area (Å²) in [5.41, 5.74) is 8.14. The lowest BCUT2D eigenvalue weighted by Gasteiger charge is -2.33. The lowest BCUT2D eigenvalue weighted by atomic mass is 9.86. The first-order chi connectivity index (χ1) is 21.9. The van der Waals surface area contributed by atoms with Gasteiger partial charge in [-0.1, -0.05) is 6.07 Å². The zero-order chi connectivity index (χ0) is 31.0. The number of nitrogens with zero attached hydrogens (tertiary/aromatic N) is 4. The average molecular weight is 609 g/mol. The number of halogens is 1. The Balaban J connectivity index is 1.05. The predicted molar refractivity (Wildman–Crippen MR) is 169 cm³/mol. The Morgan fingerprint density at radius 1 is 1.07 bits per heavy atom. The zero-order valence-corrected chi connectivity index (χ0v) is 25.9. The summed E-state index contributed by atoms with van der Waals surface area (Å²) in [5, 5.41) is 15.0. The topological polar surface area (TPSA) is 103 Å². The van der Waals surface area contributed by atoms with Crippen molar-refractivity contribution in [2.75, 3.05) is 13.1 Å². The van der Waals surface area contributed by atoms with E-state index >= 15 is 0 Å². The summed E-state index contributed by atoms with van der Waals surface area (Å²) in [6, 6.07) is 12.9. The first kappa shape index (κ1) is 29.8. The summed E-state index contributed by atoms with van der Waals surface area (Å²) in [6.07, 6.45) is 14.0. The minimum Gasteiger partial charge on any atom is -0.453 e. The molecule has 2 aromatic carbocycles. The normalized spacial score (nSPS) is 26.6. The van der Waals surface area contributed by atoms with Crippen LogP contribution in [0.5, 0.6) is 11.5 Å². The highest BCUT2D eigenvalue weighted by Gasteiger charge is 2.45. The van der Waals surface area contributed by atoms with Crippen LogP contribution in [-0.4, -0.2) is 45.6 Å². The van der Waals surface area contributed by atoms with Gasteiger partial charge in [-0.05, 0) is 118 Å². The van der Waals surface area contributed by atoms with E-state index in [0.29, 0.717) is 40.5 Å². The third-order valence-electron chi connectivity index (χ3n) is 10.3. The molecule has 9 heteroatoms. The minimum absolute atomic E-state index is 0.0585. The van der Waals surface area contributed by atoms with Crippen LogP contribution in [0.1, 0.15) is 99.8 Å². The number of carbonyl (C=O) groups is 1. The van der Waals surface area contributed by atoms with Gasteiger partial charge >= 0.3 is 0 Å². The summed E-state index contributed by atoms with van der Waals surface area (Å²) in [5.74, 6) is 2.17. The molecule has 1 aromatic heterocycles. The van der Waals surface area contributed by atoms with Crippen LogP contribution in [0, 0.1) is 23.1 Å². The molecule has 1 aliphatic heterocycles. The van der Waals surface area contributed by atoms with Crippen LogP contribution < -0.4 is 15.5 Å². The maximum atomic E-state index is 14.6. The lowest BCUT2D eigenvalue weighted by Crippen LogP contribution is -2.46. The molecule has 3 aromatic rings. The molecule has 0 bridgehead atoms. The van der Waals surface area contributed by atoms with Gasteiger partial charge in [0, 0.05) is 43.1 Å². The largest absolute Gasteiger partial charge is 0.453 e. The maximum absolute atomic E-state index is 14.6. The van der Waals surface area contributed by atoms with E-state index in [1.54, 1.807) is 31.6 Å². The fraction of sp³-hybridized carbons (Fsp3) is 0.500. The minimum atomic E-state index is -0.330. The van der Waals surface area contributed by atoms with E-state index in [1.807, 2.05) is 12.1 Å². The van der Waals surface area contributed by atoms with Crippen molar-refractivity contribution in [1.29, 1.82) is 5.26 Å². The standard InChI is InChI=1S/C36H41FN6O2/c1-23(44)41-29-8-2-24(3-9-29)21-43-15-14-36(42-43)13-12-27(18-36)35-34(20-39-22-40-35)45-33-11-7-28(37)17-32(33)30-10-4-25(19-38)16-31(30)26-5-6-26/h4,7,10-11,16-17,20,22,24,26-27,29,42H,2-3,5-6,8-9,12-15,18,21H2,1H3,(H,41,44)/t24-,27?,29+,36?. The van der Waals surface area contributed by atoms with Crippen LogP contribution in [0.2, 0.25) is 0 Å². The number of rotatable bonds is 8. The number of ether oxygens (including phenoxy) is 1. The molecule has 1 saturated heterocycles. The van der Waals surface area contributed by atoms with E-state index in [-0.39, 0.29) is 23.2 Å². The van der Waals surface area contributed by atoms with Crippen molar-refractivity contribution in [3.63, 3.8) is 0 Å². The number of amides is 1. The van der Waals surface area contributed by atoms with Gasteiger partial charge in [0.2, 0.25) is 5.91 Å². The second kappa shape index (κ2) is 12.5. The van der Waals surface area contributed by atoms with Crippen molar-refractivity contribution in [3.8, 4) is 28.7 Å². The van der Waals surface area contributed by atoms with Crippen LogP contribution in [0.25, 0.3) is 11.1 Å². The van der Waals surface area contributed by atoms with Crippen molar-refractivity contribution >= 4 is 5.91 Å². The number of aromatic nitrogens is 2. The second-order valence-corrected chi connectivity index (χ2v) is 13.6. The highest BCUT2D eigenvalue weighted by molar-refractivity contribution is 5.76. The molecule has 2 unspecified atom stereocenters. The lowest BCUT2D eigenvalue weighted by molar-refractivity contribution is -0.119. The van der Waals surface area contributed by atoms with E-state index in [4.69, 9.17) is 9.72 Å². The molecule has 1 spiro atoms. The van der Waals surface area contributed by atoms with Crippen LogP contribution >= 0.6 is 0 Å². The van der Waals surface area contributed by atoms with Gasteiger partial charge in [-0.25, -0.2) is 24.8 Å². The van der Waals surface area contributed by atoms with Crippen molar-refractivity contribution in [2.45, 2.75) is 94.5 Å². The third-order valence-corrected chi connectivity index (χ3v) is 10.3. The van der Waals surface area contributed by atoms with Gasteiger partial charge in [-0.2, -0.15) is 5.26 Å². The highest BCUT2D eigenvalue weighted by atomic mass is 19.1. The Kier molecular flexibility index (Phi) is 8.28. The van der Waals surface area contributed by atoms with Crippen LogP contribution in [0.15, 0.2) is 48.9 Å². The van der Waals surface area contributed by atoms with Crippen LogP contribution in [0.3, 0.4) is 0 Å². The second-order valence-electron chi connectivity index (χ2n) is 13.6. The van der Waals surface area contributed by atoms with Gasteiger partial charge in [0.15, 0.2) is 5.75 Å². The molecular formula is C36H41FN6O2. The molecule has 4 aliphatic rings. The molecule has 0 radical (unpaired) electrons. The predicted octanol–water partition coefficient (Wildman–Crippen LogP) is 6.74. The molecule has 1 amide bonds. The zero-order valence-electron chi connectivity index (χ0n) is 25.9. The van der Waals surface area contributed by atoms with E-state index in [0.717, 1.165) is 94.1 Å². The molecule has 3 aliphatic carbocycles. The molecule has 8 nitrogen and oxygen atoms in total. The van der Waals surface area contributed by atoms with E-state index in [9.17, 15) is 14.4 Å². The summed E-state index contributed by atoms with van der Waals surface area (Å²) >= 11 is 0. The smallest absolute Gasteiger partial charge is 0.217 e. The number of hydrazine groups is 1. The highest BCUT2D eigenvalue weighted by Crippen LogP contribution is 2.49. The van der Waals surface area contributed by atoms with Crippen LogP contribution in [-0.2, 0) is 4.79 Å². The molecule has 3 saturated carbocycles. The Hall–Kier alpha value is -3.87. The van der Waals surface area contributed by atoms with Gasteiger partial charge < -0.3 is 10.1 Å². The fourth-order valence-corrected chi connectivity index (χ4v) is 7.95. The number of nitriles is 1. The Morgan fingerprint density at radius 3 is 2.69 bits per heavy atom. The molecule has 234 valence electrons. The van der Waals surface area contributed by atoms with Gasteiger partial charge in [0.1, 0.15) is 17.9 Å². The number of hydrogen-bond acceptors (Lipinski definition) is 7. The van der Waals surface area contributed by atoms with Gasteiger partial charge in [0.05, 0.1) is 23.5 Å². The van der Waals surface area contributed by atoms with E-state index in [1.165, 1.54) is 12.1 Å². The number of carbonyl (C=O) groups excluding carboxylic acids is 1. The first-order valence-corrected chi connectivity index (χ1v) is 16.5. The van der Waals surface area contributed by atoms with E-state index in [2.05, 4.69) is 26.8 Å². The van der Waals surface area contributed by atoms with Gasteiger partial charge in [0.25, 0.3) is 0 Å². The molecule has 4 fully saturated rings. The summed E-state index contributed by atoms with van der Waals surface area (Å²) in [7, 11) is 0. The van der Waals surface area contributed by atoms with Crippen molar-refractivity contribution < 1.29 is 13.9 Å². The van der Waals surface area contributed by atoms with Crippen molar-refractivity contribution in [2.24, 2.45) is 5.92 Å². The van der Waals surface area contributed by atoms with Crippen LogP contribution in [0.4, 0.5) is 4.39 Å². The quantitative estimate of drug-likeness (QED) is 0.292.